The molecule has 0 radical (unpaired) electrons. The molecule has 0 spiro atoms. The summed E-state index contributed by atoms with van der Waals surface area (Å²) in [5.74, 6) is 0.163. The number of carbonyl (C=O) groups is 1. The van der Waals surface area contributed by atoms with Crippen molar-refractivity contribution in [3.05, 3.63) is 41.6 Å². The van der Waals surface area contributed by atoms with Crippen molar-refractivity contribution in [2.75, 3.05) is 11.9 Å². The Morgan fingerprint density at radius 1 is 1.31 bits per heavy atom. The van der Waals surface area contributed by atoms with Crippen LogP contribution in [0.4, 0.5) is 5.69 Å². The quantitative estimate of drug-likeness (QED) is 0.755. The fourth-order valence-corrected chi connectivity index (χ4v) is 1.86. The lowest BCUT2D eigenvalue weighted by molar-refractivity contribution is -0.114. The maximum atomic E-state index is 11.2. The summed E-state index contributed by atoms with van der Waals surface area (Å²) in [6, 6.07) is 9.56. The molecule has 0 amide bonds. The first-order chi connectivity index (χ1) is 7.72. The van der Waals surface area contributed by atoms with Gasteiger partial charge >= 0.3 is 0 Å². The number of rotatable bonds is 2. The molecule has 1 aliphatic carbocycles. The standard InChI is InChI=1S/C13H12N2O/c1-15(11-6-7-12(16)8-11)13-5-3-2-4-10(13)9-14/h2-5,8H,6-7H2,1H3. The molecule has 16 heavy (non-hydrogen) atoms. The highest BCUT2D eigenvalue weighted by molar-refractivity contribution is 5.93. The van der Waals surface area contributed by atoms with Crippen LogP contribution in [-0.2, 0) is 4.79 Å². The van der Waals surface area contributed by atoms with Crippen LogP contribution in [0.15, 0.2) is 36.0 Å². The summed E-state index contributed by atoms with van der Waals surface area (Å²) >= 11 is 0. The van der Waals surface area contributed by atoms with E-state index in [0.29, 0.717) is 12.0 Å². The Morgan fingerprint density at radius 3 is 2.69 bits per heavy atom. The monoisotopic (exact) mass is 212 g/mol. The van der Waals surface area contributed by atoms with E-state index in [1.807, 2.05) is 30.1 Å². The normalized spacial score (nSPS) is 14.5. The summed E-state index contributed by atoms with van der Waals surface area (Å²) in [5, 5.41) is 9.00. The van der Waals surface area contributed by atoms with Gasteiger partial charge < -0.3 is 4.90 Å². The molecule has 1 aromatic rings. The van der Waals surface area contributed by atoms with Crippen molar-refractivity contribution >= 4 is 11.5 Å². The number of hydrogen-bond acceptors (Lipinski definition) is 3. The Labute approximate surface area is 94.6 Å². The molecular formula is C13H12N2O. The van der Waals surface area contributed by atoms with E-state index in [1.54, 1.807) is 12.1 Å². The Bertz CT molecular complexity index is 497. The molecule has 2 rings (SSSR count). The van der Waals surface area contributed by atoms with Crippen LogP contribution in [0, 0.1) is 11.3 Å². The number of carbonyl (C=O) groups excluding carboxylic acids is 1. The van der Waals surface area contributed by atoms with Crippen molar-refractivity contribution in [3.63, 3.8) is 0 Å². The van der Waals surface area contributed by atoms with Crippen LogP contribution in [0.1, 0.15) is 18.4 Å². The second-order valence-corrected chi connectivity index (χ2v) is 3.79. The Kier molecular flexibility index (Phi) is 2.74. The Morgan fingerprint density at radius 2 is 2.06 bits per heavy atom. The van der Waals surface area contributed by atoms with E-state index < -0.39 is 0 Å². The van der Waals surface area contributed by atoms with Crippen molar-refractivity contribution in [1.82, 2.24) is 0 Å². The first-order valence-electron chi connectivity index (χ1n) is 5.18. The van der Waals surface area contributed by atoms with Crippen LogP contribution < -0.4 is 4.90 Å². The van der Waals surface area contributed by atoms with E-state index >= 15 is 0 Å². The highest BCUT2D eigenvalue weighted by atomic mass is 16.1. The van der Waals surface area contributed by atoms with E-state index in [4.69, 9.17) is 5.26 Å². The van der Waals surface area contributed by atoms with Crippen molar-refractivity contribution in [1.29, 1.82) is 5.26 Å². The van der Waals surface area contributed by atoms with Gasteiger partial charge in [0.15, 0.2) is 5.78 Å². The number of allylic oxidation sites excluding steroid dienone is 2. The van der Waals surface area contributed by atoms with Gasteiger partial charge in [0.1, 0.15) is 6.07 Å². The lowest BCUT2D eigenvalue weighted by atomic mass is 10.1. The van der Waals surface area contributed by atoms with Crippen LogP contribution in [0.2, 0.25) is 0 Å². The smallest absolute Gasteiger partial charge is 0.157 e. The molecular weight excluding hydrogens is 200 g/mol. The topological polar surface area (TPSA) is 44.1 Å². The van der Waals surface area contributed by atoms with E-state index in [0.717, 1.165) is 17.8 Å². The van der Waals surface area contributed by atoms with Gasteiger partial charge in [-0.25, -0.2) is 0 Å². The largest absolute Gasteiger partial charge is 0.347 e. The Hall–Kier alpha value is -2.08. The predicted molar refractivity (Wildman–Crippen MR) is 61.9 cm³/mol. The van der Waals surface area contributed by atoms with Gasteiger partial charge in [-0.2, -0.15) is 5.26 Å². The van der Waals surface area contributed by atoms with Crippen LogP contribution in [0.25, 0.3) is 0 Å². The number of nitrogens with zero attached hydrogens (tertiary/aromatic N) is 2. The molecule has 0 atom stereocenters. The molecule has 0 bridgehead atoms. The van der Waals surface area contributed by atoms with Gasteiger partial charge in [0.2, 0.25) is 0 Å². The number of para-hydroxylation sites is 1. The minimum atomic E-state index is 0.163. The first-order valence-corrected chi connectivity index (χ1v) is 5.18. The number of benzene rings is 1. The molecule has 0 saturated carbocycles. The van der Waals surface area contributed by atoms with Crippen LogP contribution in [-0.4, -0.2) is 12.8 Å². The third-order valence-electron chi connectivity index (χ3n) is 2.77. The van der Waals surface area contributed by atoms with E-state index in [-0.39, 0.29) is 5.78 Å². The van der Waals surface area contributed by atoms with Gasteiger partial charge in [-0.05, 0) is 18.6 Å². The lowest BCUT2D eigenvalue weighted by Gasteiger charge is -2.21. The van der Waals surface area contributed by atoms with Crippen molar-refractivity contribution < 1.29 is 4.79 Å². The molecule has 0 fully saturated rings. The summed E-state index contributed by atoms with van der Waals surface area (Å²) in [4.78, 5) is 13.1. The minimum Gasteiger partial charge on any atom is -0.347 e. The number of anilines is 1. The Balaban J connectivity index is 2.35. The van der Waals surface area contributed by atoms with E-state index in [2.05, 4.69) is 6.07 Å². The summed E-state index contributed by atoms with van der Waals surface area (Å²) < 4.78 is 0. The lowest BCUT2D eigenvalue weighted by Crippen LogP contribution is -2.16. The van der Waals surface area contributed by atoms with Gasteiger partial charge in [0, 0.05) is 25.2 Å². The van der Waals surface area contributed by atoms with Gasteiger partial charge in [-0.3, -0.25) is 4.79 Å². The molecule has 1 aliphatic rings. The molecule has 3 heteroatoms. The molecule has 0 saturated heterocycles. The first kappa shape index (κ1) is 10.4. The van der Waals surface area contributed by atoms with Crippen LogP contribution in [0.5, 0.6) is 0 Å². The highest BCUT2D eigenvalue weighted by Crippen LogP contribution is 2.26. The fourth-order valence-electron chi connectivity index (χ4n) is 1.86. The second kappa shape index (κ2) is 4.19. The van der Waals surface area contributed by atoms with Crippen molar-refractivity contribution in [2.24, 2.45) is 0 Å². The third-order valence-corrected chi connectivity index (χ3v) is 2.77. The number of nitriles is 1. The summed E-state index contributed by atoms with van der Waals surface area (Å²) in [6.45, 7) is 0. The maximum Gasteiger partial charge on any atom is 0.157 e. The molecule has 0 N–H and O–H groups in total. The van der Waals surface area contributed by atoms with Gasteiger partial charge in [0.25, 0.3) is 0 Å². The summed E-state index contributed by atoms with van der Waals surface area (Å²) in [5.41, 5.74) is 2.46. The van der Waals surface area contributed by atoms with Crippen molar-refractivity contribution in [3.8, 4) is 6.07 Å². The highest BCUT2D eigenvalue weighted by Gasteiger charge is 2.17. The predicted octanol–water partition coefficient (Wildman–Crippen LogP) is 2.24. The van der Waals surface area contributed by atoms with E-state index in [9.17, 15) is 4.79 Å². The molecule has 0 unspecified atom stereocenters. The molecule has 0 aliphatic heterocycles. The fraction of sp³-hybridized carbons (Fsp3) is 0.231. The van der Waals surface area contributed by atoms with Crippen LogP contribution in [0.3, 0.4) is 0 Å². The minimum absolute atomic E-state index is 0.163. The van der Waals surface area contributed by atoms with Gasteiger partial charge in [-0.1, -0.05) is 12.1 Å². The zero-order valence-electron chi connectivity index (χ0n) is 9.10. The molecule has 3 nitrogen and oxygen atoms in total. The average Bonchev–Trinajstić information content (AvgIpc) is 2.75. The third kappa shape index (κ3) is 1.82. The maximum absolute atomic E-state index is 11.2. The summed E-state index contributed by atoms with van der Waals surface area (Å²) in [7, 11) is 1.89. The molecule has 80 valence electrons. The van der Waals surface area contributed by atoms with Crippen LogP contribution >= 0.6 is 0 Å². The van der Waals surface area contributed by atoms with E-state index in [1.165, 1.54) is 0 Å². The zero-order valence-corrected chi connectivity index (χ0v) is 9.10. The number of ketones is 1. The van der Waals surface area contributed by atoms with Crippen molar-refractivity contribution in [2.45, 2.75) is 12.8 Å². The zero-order chi connectivity index (χ0) is 11.5. The molecule has 0 aromatic heterocycles. The molecule has 1 aromatic carbocycles. The van der Waals surface area contributed by atoms with Gasteiger partial charge in [-0.15, -0.1) is 0 Å². The van der Waals surface area contributed by atoms with Gasteiger partial charge in [0.05, 0.1) is 11.3 Å². The average molecular weight is 212 g/mol. The SMILES string of the molecule is CN(C1=CC(=O)CC1)c1ccccc1C#N. The second-order valence-electron chi connectivity index (χ2n) is 3.79. The summed E-state index contributed by atoms with van der Waals surface area (Å²) in [6.07, 6.45) is 3.00. The molecule has 0 heterocycles. The number of hydrogen-bond donors (Lipinski definition) is 0.